The van der Waals surface area contributed by atoms with Crippen molar-refractivity contribution in [1.82, 2.24) is 14.9 Å². The Bertz CT molecular complexity index is 485. The number of H-pyrrole nitrogens is 1. The van der Waals surface area contributed by atoms with Gasteiger partial charge in [0.25, 0.3) is 10.0 Å². The molecule has 0 amide bonds. The van der Waals surface area contributed by atoms with Gasteiger partial charge in [0.1, 0.15) is 0 Å². The fourth-order valence-electron chi connectivity index (χ4n) is 1.66. The molecule has 0 spiro atoms. The summed E-state index contributed by atoms with van der Waals surface area (Å²) in [5.41, 5.74) is 0.901. The molecule has 110 valence electrons. The van der Waals surface area contributed by atoms with Crippen molar-refractivity contribution in [3.8, 4) is 0 Å². The van der Waals surface area contributed by atoms with Crippen molar-refractivity contribution in [1.29, 1.82) is 0 Å². The smallest absolute Gasteiger partial charge is 0.260 e. The maximum atomic E-state index is 12.0. The normalized spacial score (nSPS) is 11.9. The molecule has 0 aliphatic heterocycles. The lowest BCUT2D eigenvalue weighted by Crippen LogP contribution is -2.26. The molecule has 19 heavy (non-hydrogen) atoms. The van der Waals surface area contributed by atoms with Crippen molar-refractivity contribution in [2.24, 2.45) is 0 Å². The van der Waals surface area contributed by atoms with Crippen LogP contribution in [-0.4, -0.2) is 42.3 Å². The Morgan fingerprint density at radius 3 is 2.74 bits per heavy atom. The molecule has 6 nitrogen and oxygen atoms in total. The van der Waals surface area contributed by atoms with Crippen LogP contribution in [0.1, 0.15) is 30.5 Å². The van der Waals surface area contributed by atoms with Crippen molar-refractivity contribution in [3.63, 3.8) is 0 Å². The van der Waals surface area contributed by atoms with Crippen LogP contribution in [0.3, 0.4) is 0 Å². The molecule has 0 radical (unpaired) electrons. The molecule has 0 atom stereocenters. The minimum Gasteiger partial charge on any atom is -0.392 e. The first-order chi connectivity index (χ1) is 9.03. The predicted molar refractivity (Wildman–Crippen MR) is 76.7 cm³/mol. The number of hydrogen-bond acceptors (Lipinski definition) is 5. The van der Waals surface area contributed by atoms with Gasteiger partial charge in [0.15, 0.2) is 5.03 Å². The Hall–Kier alpha value is -0.570. The summed E-state index contributed by atoms with van der Waals surface area (Å²) < 4.78 is 26.5. The van der Waals surface area contributed by atoms with E-state index in [2.05, 4.69) is 21.2 Å². The number of nitrogens with one attached hydrogen (secondary N) is 2. The molecule has 0 saturated heterocycles. The average molecular weight is 307 g/mol. The van der Waals surface area contributed by atoms with Gasteiger partial charge < -0.3 is 5.11 Å². The van der Waals surface area contributed by atoms with Crippen LogP contribution < -0.4 is 4.72 Å². The molecule has 1 aromatic heterocycles. The Morgan fingerprint density at radius 1 is 1.37 bits per heavy atom. The average Bonchev–Trinajstić information content (AvgIpc) is 2.75. The number of rotatable bonds is 9. The highest BCUT2D eigenvalue weighted by Gasteiger charge is 2.22. The van der Waals surface area contributed by atoms with Crippen LogP contribution in [0.2, 0.25) is 0 Å². The quantitative estimate of drug-likeness (QED) is 0.592. The fourth-order valence-corrected chi connectivity index (χ4v) is 3.41. The SMILES string of the molecule is CSCCCCCNS(=O)(=O)c1n[nH]c(C)c1CO. The number of thioether (sulfide) groups is 1. The molecule has 8 heteroatoms. The number of aliphatic hydroxyl groups excluding tert-OH is 1. The van der Waals surface area contributed by atoms with Crippen molar-refractivity contribution >= 4 is 21.8 Å². The number of nitrogens with zero attached hydrogens (tertiary/aromatic N) is 1. The van der Waals surface area contributed by atoms with E-state index >= 15 is 0 Å². The highest BCUT2D eigenvalue weighted by Crippen LogP contribution is 2.15. The highest BCUT2D eigenvalue weighted by atomic mass is 32.2. The van der Waals surface area contributed by atoms with Gasteiger partial charge in [-0.3, -0.25) is 5.10 Å². The van der Waals surface area contributed by atoms with Gasteiger partial charge in [-0.05, 0) is 31.8 Å². The van der Waals surface area contributed by atoms with E-state index in [-0.39, 0.29) is 11.6 Å². The standard InChI is InChI=1S/C11H21N3O3S2/c1-9-10(8-15)11(14-13-9)19(16,17)12-6-4-3-5-7-18-2/h12,15H,3-8H2,1-2H3,(H,13,14). The van der Waals surface area contributed by atoms with Crippen molar-refractivity contribution in [3.05, 3.63) is 11.3 Å². The Morgan fingerprint density at radius 2 is 2.11 bits per heavy atom. The Balaban J connectivity index is 2.52. The summed E-state index contributed by atoms with van der Waals surface area (Å²) in [6.45, 7) is 1.74. The zero-order chi connectivity index (χ0) is 14.3. The minimum absolute atomic E-state index is 0.100. The first kappa shape index (κ1) is 16.5. The molecule has 0 bridgehead atoms. The summed E-state index contributed by atoms with van der Waals surface area (Å²) in [7, 11) is -3.63. The predicted octanol–water partition coefficient (Wildman–Crippen LogP) is 1.02. The maximum absolute atomic E-state index is 12.0. The van der Waals surface area contributed by atoms with Gasteiger partial charge in [-0.25, -0.2) is 13.1 Å². The van der Waals surface area contributed by atoms with Crippen LogP contribution in [0.25, 0.3) is 0 Å². The van der Waals surface area contributed by atoms with E-state index < -0.39 is 10.0 Å². The van der Waals surface area contributed by atoms with Gasteiger partial charge in [-0.2, -0.15) is 16.9 Å². The highest BCUT2D eigenvalue weighted by molar-refractivity contribution is 7.98. The number of sulfonamides is 1. The van der Waals surface area contributed by atoms with E-state index in [4.69, 9.17) is 5.11 Å². The molecule has 1 aromatic rings. The third-order valence-corrected chi connectivity index (χ3v) is 4.89. The van der Waals surface area contributed by atoms with E-state index in [9.17, 15) is 8.42 Å². The summed E-state index contributed by atoms with van der Waals surface area (Å²) in [4.78, 5) is 0. The Labute approximate surface area is 118 Å². The van der Waals surface area contributed by atoms with Gasteiger partial charge >= 0.3 is 0 Å². The molecule has 3 N–H and O–H groups in total. The van der Waals surface area contributed by atoms with Gasteiger partial charge in [0, 0.05) is 17.8 Å². The van der Waals surface area contributed by atoms with Gasteiger partial charge in [0.05, 0.1) is 6.61 Å². The summed E-state index contributed by atoms with van der Waals surface area (Å²) in [5.74, 6) is 1.10. The first-order valence-electron chi connectivity index (χ1n) is 6.16. The summed E-state index contributed by atoms with van der Waals surface area (Å²) in [6.07, 6.45) is 4.94. The summed E-state index contributed by atoms with van der Waals surface area (Å²) in [6, 6.07) is 0. The summed E-state index contributed by atoms with van der Waals surface area (Å²) in [5, 5.41) is 15.4. The molecule has 0 aromatic carbocycles. The molecule has 0 aliphatic carbocycles. The third kappa shape index (κ3) is 4.79. The second kappa shape index (κ2) is 7.88. The lowest BCUT2D eigenvalue weighted by atomic mass is 10.2. The van der Waals surface area contributed by atoms with E-state index in [0.29, 0.717) is 17.8 Å². The number of aryl methyl sites for hydroxylation is 1. The number of unbranched alkanes of at least 4 members (excludes halogenated alkanes) is 2. The lowest BCUT2D eigenvalue weighted by Gasteiger charge is -2.05. The van der Waals surface area contributed by atoms with Crippen LogP contribution in [-0.2, 0) is 16.6 Å². The molecule has 0 aliphatic rings. The lowest BCUT2D eigenvalue weighted by molar-refractivity contribution is 0.277. The monoisotopic (exact) mass is 307 g/mol. The van der Waals surface area contributed by atoms with Crippen molar-refractivity contribution < 1.29 is 13.5 Å². The van der Waals surface area contributed by atoms with Crippen molar-refractivity contribution in [2.75, 3.05) is 18.6 Å². The first-order valence-corrected chi connectivity index (χ1v) is 9.04. The molecular formula is C11H21N3O3S2. The zero-order valence-electron chi connectivity index (χ0n) is 11.3. The topological polar surface area (TPSA) is 95.1 Å². The largest absolute Gasteiger partial charge is 0.392 e. The zero-order valence-corrected chi connectivity index (χ0v) is 12.9. The molecule has 0 saturated carbocycles. The Kier molecular flexibility index (Phi) is 6.84. The number of aliphatic hydroxyl groups is 1. The number of hydrogen-bond donors (Lipinski definition) is 3. The molecule has 1 heterocycles. The van der Waals surface area contributed by atoms with Crippen LogP contribution >= 0.6 is 11.8 Å². The van der Waals surface area contributed by atoms with E-state index in [1.54, 1.807) is 18.7 Å². The second-order valence-corrected chi connectivity index (χ2v) is 6.91. The van der Waals surface area contributed by atoms with Crippen molar-refractivity contribution in [2.45, 2.75) is 37.8 Å². The molecular weight excluding hydrogens is 286 g/mol. The van der Waals surface area contributed by atoms with Crippen LogP contribution in [0, 0.1) is 6.92 Å². The van der Waals surface area contributed by atoms with Crippen LogP contribution in [0.15, 0.2) is 5.03 Å². The number of aromatic nitrogens is 2. The van der Waals surface area contributed by atoms with Gasteiger partial charge in [0.2, 0.25) is 0 Å². The van der Waals surface area contributed by atoms with E-state index in [0.717, 1.165) is 25.0 Å². The third-order valence-electron chi connectivity index (χ3n) is 2.77. The van der Waals surface area contributed by atoms with E-state index in [1.807, 2.05) is 0 Å². The molecule has 1 rings (SSSR count). The minimum atomic E-state index is -3.63. The summed E-state index contributed by atoms with van der Waals surface area (Å²) >= 11 is 1.79. The van der Waals surface area contributed by atoms with Crippen LogP contribution in [0.4, 0.5) is 0 Å². The van der Waals surface area contributed by atoms with Gasteiger partial charge in [-0.15, -0.1) is 0 Å². The van der Waals surface area contributed by atoms with Gasteiger partial charge in [-0.1, -0.05) is 6.42 Å². The fraction of sp³-hybridized carbons (Fsp3) is 0.727. The maximum Gasteiger partial charge on any atom is 0.260 e. The number of aromatic amines is 1. The van der Waals surface area contributed by atoms with Crippen LogP contribution in [0.5, 0.6) is 0 Å². The second-order valence-electron chi connectivity index (χ2n) is 4.24. The molecule has 0 fully saturated rings. The van der Waals surface area contributed by atoms with E-state index in [1.165, 1.54) is 0 Å². The molecule has 0 unspecified atom stereocenters.